The molecule has 0 fully saturated rings. The Morgan fingerprint density at radius 2 is 0.650 bits per heavy atom. The van der Waals surface area contributed by atoms with Crippen molar-refractivity contribution in [3.8, 4) is 0 Å². The van der Waals surface area contributed by atoms with Crippen molar-refractivity contribution in [3.05, 3.63) is 85.1 Å². The Kier molecular flexibility index (Phi) is 59.1. The monoisotopic (exact) mass is 1140 g/mol. The third-order valence-electron chi connectivity index (χ3n) is 13.8. The van der Waals surface area contributed by atoms with Gasteiger partial charge in [0.05, 0.1) is 19.8 Å². The molecule has 3 unspecified atom stereocenters. The summed E-state index contributed by atoms with van der Waals surface area (Å²) in [5, 5.41) is 9.84. The number of rotatable bonds is 60. The minimum atomic E-state index is -4.77. The third-order valence-corrected chi connectivity index (χ3v) is 14.8. The zero-order chi connectivity index (χ0) is 58.3. The smallest absolute Gasteiger partial charge is 0.462 e. The number of hydrogen-bond acceptors (Lipinski definition) is 10. The molecule has 2 N–H and O–H groups in total. The molecule has 0 aliphatic carbocycles. The highest BCUT2D eigenvalue weighted by molar-refractivity contribution is 7.47. The topological polar surface area (TPSA) is 155 Å². The van der Waals surface area contributed by atoms with Crippen LogP contribution >= 0.6 is 7.82 Å². The van der Waals surface area contributed by atoms with Gasteiger partial charge in [-0.1, -0.05) is 260 Å². The first kappa shape index (κ1) is 76.7. The fraction of sp³-hybridized carbons (Fsp3) is 0.750. The largest absolute Gasteiger partial charge is 0.472 e. The normalized spacial score (nSPS) is 13.8. The maximum Gasteiger partial charge on any atom is 0.472 e. The lowest BCUT2D eigenvalue weighted by atomic mass is 10.0. The fourth-order valence-electron chi connectivity index (χ4n) is 8.89. The van der Waals surface area contributed by atoms with Crippen LogP contribution < -0.4 is 0 Å². The first-order chi connectivity index (χ1) is 39.2. The zero-order valence-corrected chi connectivity index (χ0v) is 52.2. The number of aliphatic hydroxyl groups is 1. The van der Waals surface area contributed by atoms with Gasteiger partial charge < -0.3 is 24.2 Å². The maximum atomic E-state index is 13.0. The average Bonchev–Trinajstić information content (AvgIpc) is 3.45. The molecule has 0 aliphatic heterocycles. The number of aliphatic hydroxyl groups excluding tert-OH is 1. The van der Waals surface area contributed by atoms with Crippen molar-refractivity contribution < 1.29 is 52.2 Å². The second-order valence-corrected chi connectivity index (χ2v) is 23.0. The molecule has 0 aromatic carbocycles. The van der Waals surface area contributed by atoms with Crippen LogP contribution in [0, 0.1) is 0 Å². The van der Waals surface area contributed by atoms with Crippen LogP contribution in [0.3, 0.4) is 0 Å². The van der Waals surface area contributed by atoms with Crippen molar-refractivity contribution in [2.45, 2.75) is 303 Å². The van der Waals surface area contributed by atoms with E-state index in [0.717, 1.165) is 109 Å². The summed E-state index contributed by atoms with van der Waals surface area (Å²) < 4.78 is 39.7. The molecule has 0 heterocycles. The summed E-state index contributed by atoms with van der Waals surface area (Å²) >= 11 is 0. The standard InChI is InChI=1S/C68H119O11P/c1-4-7-10-13-16-19-22-25-28-30-32-34-37-39-42-45-48-51-54-57-66(70)75-61-65(79-68(72)59-56-53-50-47-44-41-38-35-33-31-29-26-23-20-17-14-11-8-5-2)63-77-80(73,74)76-62-64(60-69)78-67(71)58-55-52-49-46-43-40-36-27-24-21-18-15-12-9-6-3/h9,12,17-18,20-21,26-27,29,33,35-36,43,46,64-65,69H,4-8,10-11,13-16,19,22-25,28,30-32,34,37-42,44-45,47-63H2,1-3H3,(H,73,74)/b12-9-,20-17-,21-18-,29-26-,35-33-,36-27-,46-43-. The van der Waals surface area contributed by atoms with E-state index in [-0.39, 0.29) is 25.9 Å². The zero-order valence-electron chi connectivity index (χ0n) is 51.3. The van der Waals surface area contributed by atoms with Gasteiger partial charge in [-0.3, -0.25) is 23.4 Å². The summed E-state index contributed by atoms with van der Waals surface area (Å²) in [4.78, 5) is 48.8. The van der Waals surface area contributed by atoms with Crippen molar-refractivity contribution in [2.24, 2.45) is 0 Å². The summed E-state index contributed by atoms with van der Waals surface area (Å²) in [5.41, 5.74) is 0. The van der Waals surface area contributed by atoms with Gasteiger partial charge in [0, 0.05) is 19.3 Å². The molecule has 0 aromatic heterocycles. The van der Waals surface area contributed by atoms with E-state index in [1.807, 2.05) is 0 Å². The van der Waals surface area contributed by atoms with E-state index in [4.69, 9.17) is 23.3 Å². The van der Waals surface area contributed by atoms with Gasteiger partial charge in [-0.15, -0.1) is 0 Å². The highest BCUT2D eigenvalue weighted by Crippen LogP contribution is 2.43. The molecule has 0 aromatic rings. The summed E-state index contributed by atoms with van der Waals surface area (Å²) in [6, 6.07) is 0. The molecule has 0 amide bonds. The predicted octanol–water partition coefficient (Wildman–Crippen LogP) is 19.8. The molecule has 0 saturated heterocycles. The van der Waals surface area contributed by atoms with Crippen molar-refractivity contribution in [3.63, 3.8) is 0 Å². The first-order valence-corrected chi connectivity index (χ1v) is 34.0. The number of phosphoric acid groups is 1. The van der Waals surface area contributed by atoms with Crippen LogP contribution in [0.15, 0.2) is 85.1 Å². The molecule has 80 heavy (non-hydrogen) atoms. The van der Waals surface area contributed by atoms with Crippen molar-refractivity contribution >= 4 is 25.7 Å². The van der Waals surface area contributed by atoms with Gasteiger partial charge in [-0.2, -0.15) is 0 Å². The number of unbranched alkanes of at least 4 members (excludes halogenated alkanes) is 29. The Balaban J connectivity index is 4.75. The average molecular weight is 1140 g/mol. The van der Waals surface area contributed by atoms with Crippen molar-refractivity contribution in [2.75, 3.05) is 26.4 Å². The SMILES string of the molecule is CC/C=C\C/C=C\C/C=C\C/C=C\CCCCC(=O)OC(CO)COP(=O)(O)OCC(COC(=O)CCCCCCCCCCCCCCCCCCCCC)OC(=O)CCCCCCCC/C=C\C/C=C\C/C=C\CCCCC. The van der Waals surface area contributed by atoms with E-state index in [1.54, 1.807) is 0 Å². The van der Waals surface area contributed by atoms with E-state index in [0.29, 0.717) is 19.3 Å². The fourth-order valence-corrected chi connectivity index (χ4v) is 9.67. The number of allylic oxidation sites excluding steroid dienone is 14. The van der Waals surface area contributed by atoms with Crippen LogP contribution in [0.5, 0.6) is 0 Å². The number of carbonyl (C=O) groups is 3. The number of esters is 3. The second-order valence-electron chi connectivity index (χ2n) is 21.6. The lowest BCUT2D eigenvalue weighted by Gasteiger charge is -2.21. The highest BCUT2D eigenvalue weighted by atomic mass is 31.2. The van der Waals surface area contributed by atoms with Crippen LogP contribution in [0.4, 0.5) is 0 Å². The lowest BCUT2D eigenvalue weighted by Crippen LogP contribution is -2.30. The van der Waals surface area contributed by atoms with E-state index in [9.17, 15) is 28.9 Å². The summed E-state index contributed by atoms with van der Waals surface area (Å²) in [6.45, 7) is 4.49. The van der Waals surface area contributed by atoms with E-state index in [2.05, 4.69) is 106 Å². The summed E-state index contributed by atoms with van der Waals surface area (Å²) in [7, 11) is -4.77. The Hall–Kier alpha value is -3.34. The Morgan fingerprint density at radius 1 is 0.362 bits per heavy atom. The van der Waals surface area contributed by atoms with Gasteiger partial charge in [0.2, 0.25) is 0 Å². The number of hydrogen-bond donors (Lipinski definition) is 2. The molecule has 3 atom stereocenters. The van der Waals surface area contributed by atoms with Gasteiger partial charge in [0.25, 0.3) is 0 Å². The van der Waals surface area contributed by atoms with Crippen LogP contribution in [-0.2, 0) is 42.2 Å². The van der Waals surface area contributed by atoms with Crippen molar-refractivity contribution in [1.29, 1.82) is 0 Å². The molecule has 0 bridgehead atoms. The first-order valence-electron chi connectivity index (χ1n) is 32.5. The Labute approximate surface area is 490 Å². The van der Waals surface area contributed by atoms with Crippen LogP contribution in [0.2, 0.25) is 0 Å². The molecule has 462 valence electrons. The highest BCUT2D eigenvalue weighted by Gasteiger charge is 2.28. The molecular weight excluding hydrogens is 1020 g/mol. The van der Waals surface area contributed by atoms with Gasteiger partial charge in [-0.05, 0) is 96.3 Å². The number of ether oxygens (including phenoxy) is 3. The number of phosphoric ester groups is 1. The molecule has 0 rings (SSSR count). The quantitative estimate of drug-likeness (QED) is 0.0197. The molecule has 12 heteroatoms. The summed E-state index contributed by atoms with van der Waals surface area (Å²) in [5.74, 6) is -1.51. The minimum absolute atomic E-state index is 0.122. The summed E-state index contributed by atoms with van der Waals surface area (Å²) in [6.07, 6.45) is 72.5. The molecule has 0 spiro atoms. The third kappa shape index (κ3) is 59.3. The second kappa shape index (κ2) is 61.7. The molecule has 0 radical (unpaired) electrons. The molecule has 0 saturated carbocycles. The molecular formula is C68H119O11P. The maximum absolute atomic E-state index is 13.0. The van der Waals surface area contributed by atoms with Gasteiger partial charge in [0.1, 0.15) is 12.7 Å². The van der Waals surface area contributed by atoms with Gasteiger partial charge in [-0.25, -0.2) is 4.57 Å². The van der Waals surface area contributed by atoms with Gasteiger partial charge >= 0.3 is 25.7 Å². The van der Waals surface area contributed by atoms with Crippen LogP contribution in [-0.4, -0.2) is 66.5 Å². The minimum Gasteiger partial charge on any atom is -0.462 e. The van der Waals surface area contributed by atoms with Gasteiger partial charge in [0.15, 0.2) is 6.10 Å². The Morgan fingerprint density at radius 3 is 1.05 bits per heavy atom. The number of carbonyl (C=O) groups excluding carboxylic acids is 3. The van der Waals surface area contributed by atoms with E-state index < -0.39 is 57.8 Å². The Bertz CT molecular complexity index is 1670. The van der Waals surface area contributed by atoms with Crippen molar-refractivity contribution in [1.82, 2.24) is 0 Å². The van der Waals surface area contributed by atoms with Crippen LogP contribution in [0.25, 0.3) is 0 Å². The van der Waals surface area contributed by atoms with Crippen LogP contribution in [0.1, 0.15) is 290 Å². The molecule has 0 aliphatic rings. The predicted molar refractivity (Wildman–Crippen MR) is 334 cm³/mol. The lowest BCUT2D eigenvalue weighted by molar-refractivity contribution is -0.161. The van der Waals surface area contributed by atoms with E-state index >= 15 is 0 Å². The molecule has 11 nitrogen and oxygen atoms in total. The van der Waals surface area contributed by atoms with E-state index in [1.165, 1.54) is 122 Å².